The number of sulfonamides is 1. The number of rotatable bonds is 4. The van der Waals surface area contributed by atoms with Crippen LogP contribution in [-0.4, -0.2) is 8.42 Å². The lowest BCUT2D eigenvalue weighted by Crippen LogP contribution is -2.15. The Morgan fingerprint density at radius 2 is 1.71 bits per heavy atom. The van der Waals surface area contributed by atoms with Gasteiger partial charge in [-0.3, -0.25) is 4.72 Å². The molecule has 0 unspecified atom stereocenters. The van der Waals surface area contributed by atoms with Gasteiger partial charge in [-0.15, -0.1) is 0 Å². The van der Waals surface area contributed by atoms with Crippen molar-refractivity contribution in [2.75, 3.05) is 4.72 Å². The molecule has 5 heteroatoms. The van der Waals surface area contributed by atoms with Gasteiger partial charge in [-0.2, -0.15) is 0 Å². The van der Waals surface area contributed by atoms with Crippen molar-refractivity contribution >= 4 is 15.7 Å². The molecule has 0 amide bonds. The molecule has 2 aromatic rings. The highest BCUT2D eigenvalue weighted by Gasteiger charge is 2.17. The Morgan fingerprint density at radius 3 is 2.33 bits per heavy atom. The first-order valence-electron chi connectivity index (χ1n) is 6.73. The van der Waals surface area contributed by atoms with Gasteiger partial charge in [-0.25, -0.2) is 8.42 Å². The van der Waals surface area contributed by atoms with Crippen LogP contribution in [0.3, 0.4) is 0 Å². The fourth-order valence-electron chi connectivity index (χ4n) is 2.21. The van der Waals surface area contributed by atoms with Crippen molar-refractivity contribution in [3.8, 4) is 0 Å². The number of nitrogens with two attached hydrogens (primary N) is 1. The summed E-state index contributed by atoms with van der Waals surface area (Å²) in [6.45, 7) is 5.97. The molecular formula is C16H20N2O2S. The van der Waals surface area contributed by atoms with Crippen LogP contribution in [0.4, 0.5) is 5.69 Å². The van der Waals surface area contributed by atoms with Crippen LogP contribution in [0.15, 0.2) is 41.3 Å². The summed E-state index contributed by atoms with van der Waals surface area (Å²) in [5.41, 5.74) is 9.69. The van der Waals surface area contributed by atoms with E-state index in [9.17, 15) is 8.42 Å². The minimum absolute atomic E-state index is 0.297. The van der Waals surface area contributed by atoms with E-state index in [1.54, 1.807) is 25.1 Å². The second-order valence-electron chi connectivity index (χ2n) is 5.23. The first-order valence-corrected chi connectivity index (χ1v) is 8.21. The van der Waals surface area contributed by atoms with Gasteiger partial charge in [0.15, 0.2) is 0 Å². The third kappa shape index (κ3) is 3.43. The van der Waals surface area contributed by atoms with E-state index in [4.69, 9.17) is 5.73 Å². The molecule has 0 aliphatic carbocycles. The van der Waals surface area contributed by atoms with Crippen molar-refractivity contribution in [1.29, 1.82) is 0 Å². The number of hydrogen-bond acceptors (Lipinski definition) is 3. The van der Waals surface area contributed by atoms with Gasteiger partial charge in [0.25, 0.3) is 10.0 Å². The normalized spacial score (nSPS) is 11.4. The van der Waals surface area contributed by atoms with Gasteiger partial charge in [0.1, 0.15) is 0 Å². The van der Waals surface area contributed by atoms with E-state index in [0.717, 1.165) is 22.3 Å². The van der Waals surface area contributed by atoms with E-state index in [-0.39, 0.29) is 0 Å². The summed E-state index contributed by atoms with van der Waals surface area (Å²) < 4.78 is 27.7. The van der Waals surface area contributed by atoms with Gasteiger partial charge in [-0.1, -0.05) is 29.8 Å². The summed E-state index contributed by atoms with van der Waals surface area (Å²) in [5, 5.41) is 0. The SMILES string of the molecule is Cc1ccc(S(=O)(=O)Nc2cc(CN)ccc2C)c(C)c1. The van der Waals surface area contributed by atoms with E-state index in [2.05, 4.69) is 4.72 Å². The largest absolute Gasteiger partial charge is 0.326 e. The van der Waals surface area contributed by atoms with Crippen molar-refractivity contribution in [2.24, 2.45) is 5.73 Å². The molecule has 0 spiro atoms. The molecule has 4 nitrogen and oxygen atoms in total. The van der Waals surface area contributed by atoms with Gasteiger partial charge >= 0.3 is 0 Å². The number of aryl methyl sites for hydroxylation is 3. The fraction of sp³-hybridized carbons (Fsp3) is 0.250. The summed E-state index contributed by atoms with van der Waals surface area (Å²) in [5.74, 6) is 0. The second-order valence-corrected chi connectivity index (χ2v) is 6.88. The molecule has 0 bridgehead atoms. The van der Waals surface area contributed by atoms with Crippen LogP contribution in [0.2, 0.25) is 0 Å². The quantitative estimate of drug-likeness (QED) is 0.912. The maximum Gasteiger partial charge on any atom is 0.262 e. The molecule has 0 fully saturated rings. The predicted molar refractivity (Wildman–Crippen MR) is 85.8 cm³/mol. The topological polar surface area (TPSA) is 72.2 Å². The molecule has 0 aromatic heterocycles. The average Bonchev–Trinajstić information content (AvgIpc) is 2.40. The Balaban J connectivity index is 2.42. The van der Waals surface area contributed by atoms with Crippen molar-refractivity contribution in [3.05, 3.63) is 58.7 Å². The molecule has 2 aromatic carbocycles. The van der Waals surface area contributed by atoms with Crippen molar-refractivity contribution in [2.45, 2.75) is 32.2 Å². The summed E-state index contributed by atoms with van der Waals surface area (Å²) in [6, 6.07) is 10.8. The van der Waals surface area contributed by atoms with E-state index in [1.165, 1.54) is 0 Å². The Labute approximate surface area is 126 Å². The number of nitrogens with one attached hydrogen (secondary N) is 1. The van der Waals surface area contributed by atoms with E-state index >= 15 is 0 Å². The lowest BCUT2D eigenvalue weighted by molar-refractivity contribution is 0.600. The highest BCUT2D eigenvalue weighted by molar-refractivity contribution is 7.92. The Kier molecular flexibility index (Phi) is 4.34. The van der Waals surface area contributed by atoms with Crippen molar-refractivity contribution in [3.63, 3.8) is 0 Å². The molecular weight excluding hydrogens is 284 g/mol. The van der Waals surface area contributed by atoms with Crippen LogP contribution >= 0.6 is 0 Å². The van der Waals surface area contributed by atoms with Crippen LogP contribution in [0, 0.1) is 20.8 Å². The van der Waals surface area contributed by atoms with E-state index < -0.39 is 10.0 Å². The van der Waals surface area contributed by atoms with Gasteiger partial charge in [0.2, 0.25) is 0 Å². The molecule has 0 aliphatic heterocycles. The molecule has 2 rings (SSSR count). The van der Waals surface area contributed by atoms with E-state index in [1.807, 2.05) is 32.0 Å². The van der Waals surface area contributed by atoms with Crippen LogP contribution in [0.1, 0.15) is 22.3 Å². The molecule has 112 valence electrons. The van der Waals surface area contributed by atoms with Crippen molar-refractivity contribution in [1.82, 2.24) is 0 Å². The lowest BCUT2D eigenvalue weighted by Gasteiger charge is -2.13. The highest BCUT2D eigenvalue weighted by Crippen LogP contribution is 2.23. The van der Waals surface area contributed by atoms with Gasteiger partial charge in [0, 0.05) is 6.54 Å². The Morgan fingerprint density at radius 1 is 1.00 bits per heavy atom. The maximum absolute atomic E-state index is 12.5. The molecule has 3 N–H and O–H groups in total. The predicted octanol–water partition coefficient (Wildman–Crippen LogP) is 2.87. The smallest absolute Gasteiger partial charge is 0.262 e. The van der Waals surface area contributed by atoms with Gasteiger partial charge in [-0.05, 0) is 49.6 Å². The maximum atomic E-state index is 12.5. The van der Waals surface area contributed by atoms with Crippen LogP contribution in [0.5, 0.6) is 0 Å². The molecule has 0 heterocycles. The second kappa shape index (κ2) is 5.87. The van der Waals surface area contributed by atoms with Crippen LogP contribution in [0.25, 0.3) is 0 Å². The standard InChI is InChI=1S/C16H20N2O2S/c1-11-4-7-16(13(3)8-11)21(19,20)18-15-9-14(10-17)6-5-12(15)2/h4-9,18H,10,17H2,1-3H3. The molecule has 0 saturated heterocycles. The monoisotopic (exact) mass is 304 g/mol. The molecule has 0 aliphatic rings. The molecule has 0 saturated carbocycles. The number of hydrogen-bond donors (Lipinski definition) is 2. The zero-order chi connectivity index (χ0) is 15.6. The Hall–Kier alpha value is -1.85. The lowest BCUT2D eigenvalue weighted by atomic mass is 10.1. The van der Waals surface area contributed by atoms with E-state index in [0.29, 0.717) is 17.1 Å². The minimum atomic E-state index is -3.60. The third-order valence-electron chi connectivity index (χ3n) is 3.40. The first-order chi connectivity index (χ1) is 9.83. The first kappa shape index (κ1) is 15.5. The summed E-state index contributed by atoms with van der Waals surface area (Å²) in [7, 11) is -3.60. The highest BCUT2D eigenvalue weighted by atomic mass is 32.2. The van der Waals surface area contributed by atoms with Gasteiger partial charge < -0.3 is 5.73 Å². The number of benzene rings is 2. The fourth-order valence-corrected chi connectivity index (χ4v) is 3.56. The molecule has 0 atom stereocenters. The Bertz CT molecular complexity index is 768. The zero-order valence-electron chi connectivity index (χ0n) is 12.5. The van der Waals surface area contributed by atoms with Gasteiger partial charge in [0.05, 0.1) is 10.6 Å². The third-order valence-corrected chi connectivity index (χ3v) is 4.93. The summed E-state index contributed by atoms with van der Waals surface area (Å²) in [6.07, 6.45) is 0. The zero-order valence-corrected chi connectivity index (χ0v) is 13.3. The summed E-state index contributed by atoms with van der Waals surface area (Å²) >= 11 is 0. The molecule has 21 heavy (non-hydrogen) atoms. The van der Waals surface area contributed by atoms with Crippen molar-refractivity contribution < 1.29 is 8.42 Å². The minimum Gasteiger partial charge on any atom is -0.326 e. The number of anilines is 1. The summed E-state index contributed by atoms with van der Waals surface area (Å²) in [4.78, 5) is 0.297. The van der Waals surface area contributed by atoms with Crippen LogP contribution in [-0.2, 0) is 16.6 Å². The van der Waals surface area contributed by atoms with Crippen LogP contribution < -0.4 is 10.5 Å². The molecule has 0 radical (unpaired) electrons. The average molecular weight is 304 g/mol.